The molecule has 10 nitrogen and oxygen atoms in total. The third-order valence-corrected chi connectivity index (χ3v) is 7.42. The third kappa shape index (κ3) is 6.26. The Morgan fingerprint density at radius 2 is 1.86 bits per heavy atom. The Bertz CT molecular complexity index is 1280. The Morgan fingerprint density at radius 3 is 2.54 bits per heavy atom. The second kappa shape index (κ2) is 11.8. The molecule has 0 aliphatic rings. The molecule has 0 aliphatic heterocycles. The molecule has 2 aromatic heterocycles. The summed E-state index contributed by atoms with van der Waals surface area (Å²) in [6.07, 6.45) is 0. The first-order valence-corrected chi connectivity index (χ1v) is 12.4. The van der Waals surface area contributed by atoms with Gasteiger partial charge in [-0.15, -0.1) is 21.5 Å². The summed E-state index contributed by atoms with van der Waals surface area (Å²) in [7, 11) is 4.19. The van der Waals surface area contributed by atoms with Crippen LogP contribution in [0.3, 0.4) is 0 Å². The first kappa shape index (κ1) is 26.8. The van der Waals surface area contributed by atoms with Crippen LogP contribution in [-0.4, -0.2) is 52.6 Å². The molecule has 0 fully saturated rings. The average Bonchev–Trinajstić information content (AvgIpc) is 3.35. The molecule has 35 heavy (non-hydrogen) atoms. The second-order valence-electron chi connectivity index (χ2n) is 6.90. The van der Waals surface area contributed by atoms with Gasteiger partial charge in [-0.1, -0.05) is 35.0 Å². The number of anilines is 1. The first-order valence-electron chi connectivity index (χ1n) is 9.85. The van der Waals surface area contributed by atoms with Gasteiger partial charge in [0.2, 0.25) is 5.91 Å². The van der Waals surface area contributed by atoms with E-state index in [1.807, 2.05) is 0 Å². The van der Waals surface area contributed by atoms with Crippen LogP contribution < -0.4 is 10.1 Å². The number of methoxy groups -OCH3 is 2. The number of ether oxygens (including phenoxy) is 3. The smallest absolute Gasteiger partial charge is 0.348 e. The van der Waals surface area contributed by atoms with Crippen molar-refractivity contribution >= 4 is 69.1 Å². The molecule has 0 saturated carbocycles. The van der Waals surface area contributed by atoms with Crippen molar-refractivity contribution in [2.75, 3.05) is 25.3 Å². The topological polar surface area (TPSA) is 122 Å². The van der Waals surface area contributed by atoms with Crippen LogP contribution in [-0.2, 0) is 27.9 Å². The summed E-state index contributed by atoms with van der Waals surface area (Å²) in [5.41, 5.74) is 0.475. The van der Waals surface area contributed by atoms with Crippen LogP contribution in [0.1, 0.15) is 31.4 Å². The molecular weight excluding hydrogens is 539 g/mol. The fourth-order valence-corrected chi connectivity index (χ4v) is 5.05. The zero-order chi connectivity index (χ0) is 25.7. The zero-order valence-electron chi connectivity index (χ0n) is 19.0. The van der Waals surface area contributed by atoms with E-state index in [4.69, 9.17) is 37.4 Å². The summed E-state index contributed by atoms with van der Waals surface area (Å²) in [6, 6.07) is 4.88. The predicted molar refractivity (Wildman–Crippen MR) is 133 cm³/mol. The second-order valence-corrected chi connectivity index (χ2v) is 9.71. The number of amides is 1. The summed E-state index contributed by atoms with van der Waals surface area (Å²) < 4.78 is 16.9. The van der Waals surface area contributed by atoms with Gasteiger partial charge in [-0.25, -0.2) is 9.59 Å². The van der Waals surface area contributed by atoms with Crippen LogP contribution >= 0.6 is 46.3 Å². The number of aromatic nitrogens is 3. The summed E-state index contributed by atoms with van der Waals surface area (Å²) >= 11 is 14.2. The number of hydrogen-bond donors (Lipinski definition) is 1. The number of nitrogens with zero attached hydrogens (tertiary/aromatic N) is 3. The molecule has 0 unspecified atom stereocenters. The molecule has 186 valence electrons. The molecule has 0 saturated heterocycles. The van der Waals surface area contributed by atoms with Crippen molar-refractivity contribution < 1.29 is 28.6 Å². The fourth-order valence-electron chi connectivity index (χ4n) is 2.86. The Labute approximate surface area is 218 Å². The van der Waals surface area contributed by atoms with Crippen LogP contribution in [0, 0.1) is 6.92 Å². The van der Waals surface area contributed by atoms with Gasteiger partial charge in [-0.05, 0) is 24.6 Å². The maximum atomic E-state index is 12.6. The minimum absolute atomic E-state index is 0.0297. The van der Waals surface area contributed by atoms with Crippen molar-refractivity contribution in [2.24, 2.45) is 7.05 Å². The number of benzene rings is 1. The number of rotatable bonds is 9. The normalized spacial score (nSPS) is 10.7. The maximum absolute atomic E-state index is 12.6. The molecule has 14 heteroatoms. The quantitative estimate of drug-likeness (QED) is 0.301. The molecule has 0 radical (unpaired) electrons. The van der Waals surface area contributed by atoms with E-state index in [0.717, 1.165) is 23.1 Å². The van der Waals surface area contributed by atoms with E-state index in [1.54, 1.807) is 36.7 Å². The number of hydrogen-bond acceptors (Lipinski definition) is 10. The van der Waals surface area contributed by atoms with E-state index in [2.05, 4.69) is 15.5 Å². The van der Waals surface area contributed by atoms with E-state index in [1.165, 1.54) is 14.2 Å². The standard InChI is InChI=1S/C21H20Cl2N4O6S2/c1-10-16(19(29)31-3)18(35-17(10)20(30)32-4)24-15(28)9-34-21-26-25-14(27(21)2)8-33-13-7-11(22)5-6-12(13)23/h5-7H,8-9H2,1-4H3,(H,24,28). The van der Waals surface area contributed by atoms with Gasteiger partial charge < -0.3 is 24.1 Å². The van der Waals surface area contributed by atoms with E-state index < -0.39 is 17.8 Å². The van der Waals surface area contributed by atoms with Gasteiger partial charge in [0.25, 0.3) is 0 Å². The maximum Gasteiger partial charge on any atom is 0.348 e. The van der Waals surface area contributed by atoms with Crippen molar-refractivity contribution in [3.63, 3.8) is 0 Å². The number of carbonyl (C=O) groups excluding carboxylic acids is 3. The van der Waals surface area contributed by atoms with Gasteiger partial charge in [0.15, 0.2) is 11.0 Å². The summed E-state index contributed by atoms with van der Waals surface area (Å²) in [6.45, 7) is 1.67. The minimum atomic E-state index is -0.672. The summed E-state index contributed by atoms with van der Waals surface area (Å²) in [5, 5.41) is 12.4. The lowest BCUT2D eigenvalue weighted by atomic mass is 10.1. The number of esters is 2. The van der Waals surface area contributed by atoms with E-state index >= 15 is 0 Å². The van der Waals surface area contributed by atoms with Gasteiger partial charge >= 0.3 is 11.9 Å². The lowest BCUT2D eigenvalue weighted by Crippen LogP contribution is -2.16. The molecule has 3 rings (SSSR count). The van der Waals surface area contributed by atoms with E-state index in [-0.39, 0.29) is 27.8 Å². The molecule has 1 amide bonds. The fraction of sp³-hybridized carbons (Fsp3) is 0.286. The first-order chi connectivity index (χ1) is 16.7. The molecular formula is C21H20Cl2N4O6S2. The van der Waals surface area contributed by atoms with E-state index in [0.29, 0.717) is 32.3 Å². The minimum Gasteiger partial charge on any atom is -0.484 e. The molecule has 0 spiro atoms. The van der Waals surface area contributed by atoms with Crippen LogP contribution in [0.5, 0.6) is 5.75 Å². The number of thiophene rings is 1. The summed E-state index contributed by atoms with van der Waals surface area (Å²) in [5.74, 6) is -0.805. The molecule has 3 aromatic rings. The zero-order valence-corrected chi connectivity index (χ0v) is 22.2. The largest absolute Gasteiger partial charge is 0.484 e. The molecule has 1 aromatic carbocycles. The average molecular weight is 559 g/mol. The van der Waals surface area contributed by atoms with Gasteiger partial charge in [-0.2, -0.15) is 0 Å². The highest BCUT2D eigenvalue weighted by Crippen LogP contribution is 2.34. The molecule has 0 aliphatic carbocycles. The van der Waals surface area contributed by atoms with Gasteiger partial charge in [0.05, 0.1) is 30.6 Å². The number of halogens is 2. The molecule has 0 bridgehead atoms. The van der Waals surface area contributed by atoms with Crippen molar-refractivity contribution in [3.05, 3.63) is 50.1 Å². The van der Waals surface area contributed by atoms with Crippen LogP contribution in [0.15, 0.2) is 23.4 Å². The van der Waals surface area contributed by atoms with Crippen molar-refractivity contribution in [2.45, 2.75) is 18.7 Å². The lowest BCUT2D eigenvalue weighted by Gasteiger charge is -2.08. The molecule has 2 heterocycles. The highest BCUT2D eigenvalue weighted by Gasteiger charge is 2.27. The monoisotopic (exact) mass is 558 g/mol. The Kier molecular flexibility index (Phi) is 9.00. The van der Waals surface area contributed by atoms with Crippen LogP contribution in [0.25, 0.3) is 0 Å². The third-order valence-electron chi connectivity index (χ3n) is 4.67. The molecule has 0 atom stereocenters. The van der Waals surface area contributed by atoms with Crippen molar-refractivity contribution in [1.82, 2.24) is 14.8 Å². The Hall–Kier alpha value is -2.80. The highest BCUT2D eigenvalue weighted by atomic mass is 35.5. The van der Waals surface area contributed by atoms with Crippen LogP contribution in [0.2, 0.25) is 10.0 Å². The van der Waals surface area contributed by atoms with Crippen molar-refractivity contribution in [1.29, 1.82) is 0 Å². The van der Waals surface area contributed by atoms with Gasteiger partial charge in [0, 0.05) is 18.1 Å². The van der Waals surface area contributed by atoms with Gasteiger partial charge in [-0.3, -0.25) is 4.79 Å². The SMILES string of the molecule is COC(=O)c1sc(NC(=O)CSc2nnc(COc3cc(Cl)ccc3Cl)n2C)c(C(=O)OC)c1C. The summed E-state index contributed by atoms with van der Waals surface area (Å²) in [4.78, 5) is 37.0. The van der Waals surface area contributed by atoms with Crippen LogP contribution in [0.4, 0.5) is 5.00 Å². The van der Waals surface area contributed by atoms with E-state index in [9.17, 15) is 14.4 Å². The number of carbonyl (C=O) groups is 3. The Morgan fingerprint density at radius 1 is 1.14 bits per heavy atom. The molecule has 1 N–H and O–H groups in total. The van der Waals surface area contributed by atoms with Gasteiger partial charge in [0.1, 0.15) is 22.2 Å². The lowest BCUT2D eigenvalue weighted by molar-refractivity contribution is -0.113. The number of thioether (sulfide) groups is 1. The predicted octanol–water partition coefficient (Wildman–Crippen LogP) is 4.37. The Balaban J connectivity index is 1.65. The highest BCUT2D eigenvalue weighted by molar-refractivity contribution is 7.99. The van der Waals surface area contributed by atoms with Crippen molar-refractivity contribution in [3.8, 4) is 5.75 Å². The number of nitrogens with one attached hydrogen (secondary N) is 1.